The Hall–Kier alpha value is -3.92. The van der Waals surface area contributed by atoms with Crippen molar-refractivity contribution in [3.05, 3.63) is 60.3 Å². The van der Waals surface area contributed by atoms with Crippen molar-refractivity contribution < 1.29 is 9.18 Å². The molecule has 1 fully saturated rings. The second-order valence-electron chi connectivity index (χ2n) is 8.15. The van der Waals surface area contributed by atoms with Gasteiger partial charge in [0.25, 0.3) is 5.91 Å². The van der Waals surface area contributed by atoms with E-state index < -0.39 is 11.7 Å². The van der Waals surface area contributed by atoms with Gasteiger partial charge in [-0.25, -0.2) is 9.37 Å². The van der Waals surface area contributed by atoms with Crippen LogP contribution in [0.5, 0.6) is 0 Å². The van der Waals surface area contributed by atoms with Crippen molar-refractivity contribution >= 4 is 28.4 Å². The molecule has 1 aliphatic rings. The number of rotatable bonds is 4. The molecule has 0 unspecified atom stereocenters. The third kappa shape index (κ3) is 4.24. The Labute approximate surface area is 189 Å². The minimum absolute atomic E-state index is 0.0788. The molecule has 1 aliphatic heterocycles. The summed E-state index contributed by atoms with van der Waals surface area (Å²) in [6.45, 7) is 2.93. The molecule has 0 bridgehead atoms. The highest BCUT2D eigenvalue weighted by molar-refractivity contribution is 6.05. The van der Waals surface area contributed by atoms with Crippen LogP contribution in [0.25, 0.3) is 22.0 Å². The summed E-state index contributed by atoms with van der Waals surface area (Å²) in [7, 11) is 3.88. The highest BCUT2D eigenvalue weighted by Crippen LogP contribution is 2.25. The topological polar surface area (TPSA) is 92.1 Å². The third-order valence-electron chi connectivity index (χ3n) is 5.78. The molecule has 0 saturated carbocycles. The fourth-order valence-corrected chi connectivity index (χ4v) is 3.89. The zero-order valence-electron chi connectivity index (χ0n) is 18.4. The lowest BCUT2D eigenvalue weighted by molar-refractivity contribution is 0.102. The number of aromatic nitrogens is 5. The van der Waals surface area contributed by atoms with E-state index in [0.717, 1.165) is 29.6 Å². The predicted molar refractivity (Wildman–Crippen MR) is 124 cm³/mol. The van der Waals surface area contributed by atoms with Crippen LogP contribution in [0.4, 0.5) is 16.0 Å². The minimum atomic E-state index is -0.632. The van der Waals surface area contributed by atoms with Gasteiger partial charge in [0.1, 0.15) is 0 Å². The number of carbonyl (C=O) groups is 1. The second kappa shape index (κ2) is 8.55. The highest BCUT2D eigenvalue weighted by atomic mass is 19.1. The number of likely N-dealkylation sites (N-methyl/N-ethyl adjacent to an activating group) is 1. The number of piperazine rings is 1. The van der Waals surface area contributed by atoms with Gasteiger partial charge >= 0.3 is 0 Å². The summed E-state index contributed by atoms with van der Waals surface area (Å²) in [6, 6.07) is 8.86. The standard InChI is InChI=1S/C23H23FN8O/c1-30-7-9-32(10-8-30)22-21(24)18(5-6-25-22)23(33)27-20-12-16-11-15(3-4-19(16)28-29-20)17-13-26-31(2)14-17/h3-6,11-14H,7-10H2,1-2H3,(H,27,29,33). The summed E-state index contributed by atoms with van der Waals surface area (Å²) in [5.74, 6) is -0.788. The third-order valence-corrected chi connectivity index (χ3v) is 5.78. The van der Waals surface area contributed by atoms with E-state index in [1.165, 1.54) is 12.3 Å². The van der Waals surface area contributed by atoms with Crippen LogP contribution in [0.3, 0.4) is 0 Å². The number of aryl methyl sites for hydroxylation is 1. The summed E-state index contributed by atoms with van der Waals surface area (Å²) >= 11 is 0. The number of pyridine rings is 1. The molecule has 1 saturated heterocycles. The summed E-state index contributed by atoms with van der Waals surface area (Å²) in [5, 5.41) is 15.9. The number of amides is 1. The molecule has 4 aromatic rings. The molecule has 1 aromatic carbocycles. The van der Waals surface area contributed by atoms with E-state index in [-0.39, 0.29) is 17.2 Å². The first-order chi connectivity index (χ1) is 16.0. The summed E-state index contributed by atoms with van der Waals surface area (Å²) < 4.78 is 16.9. The highest BCUT2D eigenvalue weighted by Gasteiger charge is 2.23. The lowest BCUT2D eigenvalue weighted by atomic mass is 10.1. The Morgan fingerprint density at radius 1 is 1.03 bits per heavy atom. The molecule has 4 heterocycles. The number of hydrogen-bond acceptors (Lipinski definition) is 7. The van der Waals surface area contributed by atoms with Crippen LogP contribution in [-0.4, -0.2) is 69.0 Å². The zero-order valence-corrected chi connectivity index (χ0v) is 18.4. The first-order valence-corrected chi connectivity index (χ1v) is 10.6. The number of anilines is 2. The maximum atomic E-state index is 15.2. The Morgan fingerprint density at radius 3 is 2.61 bits per heavy atom. The fourth-order valence-electron chi connectivity index (χ4n) is 3.89. The monoisotopic (exact) mass is 446 g/mol. The molecule has 0 spiro atoms. The quantitative estimate of drug-likeness (QED) is 0.515. The average Bonchev–Trinajstić information content (AvgIpc) is 3.25. The summed E-state index contributed by atoms with van der Waals surface area (Å²) in [4.78, 5) is 21.1. The molecule has 5 rings (SSSR count). The maximum absolute atomic E-state index is 15.2. The molecule has 168 valence electrons. The van der Waals surface area contributed by atoms with Gasteiger partial charge in [0.15, 0.2) is 17.5 Å². The molecular formula is C23H23FN8O. The van der Waals surface area contributed by atoms with Crippen molar-refractivity contribution in [3.63, 3.8) is 0 Å². The number of hydrogen-bond donors (Lipinski definition) is 1. The van der Waals surface area contributed by atoms with Gasteiger partial charge in [0.2, 0.25) is 0 Å². The zero-order chi connectivity index (χ0) is 22.9. The van der Waals surface area contributed by atoms with Gasteiger partial charge in [-0.05, 0) is 36.9 Å². The van der Waals surface area contributed by atoms with Gasteiger partial charge in [0, 0.05) is 56.6 Å². The number of fused-ring (bicyclic) bond motifs is 1. The average molecular weight is 446 g/mol. The van der Waals surface area contributed by atoms with Crippen molar-refractivity contribution in [2.75, 3.05) is 43.4 Å². The first-order valence-electron chi connectivity index (χ1n) is 10.6. The predicted octanol–water partition coefficient (Wildman–Crippen LogP) is 2.57. The fraction of sp³-hybridized carbons (Fsp3) is 0.261. The largest absolute Gasteiger partial charge is 0.352 e. The Morgan fingerprint density at radius 2 is 1.85 bits per heavy atom. The number of benzene rings is 1. The number of nitrogens with one attached hydrogen (secondary N) is 1. The van der Waals surface area contributed by atoms with E-state index in [1.807, 2.05) is 43.4 Å². The van der Waals surface area contributed by atoms with Crippen molar-refractivity contribution in [2.45, 2.75) is 0 Å². The number of carbonyl (C=O) groups excluding carboxylic acids is 1. The van der Waals surface area contributed by atoms with Gasteiger partial charge in [-0.3, -0.25) is 9.48 Å². The van der Waals surface area contributed by atoms with E-state index >= 15 is 4.39 Å². The maximum Gasteiger partial charge on any atom is 0.260 e. The SMILES string of the molecule is CN1CCN(c2nccc(C(=O)Nc3cc4cc(-c5cnn(C)c5)ccc4nn3)c2F)CC1. The van der Waals surface area contributed by atoms with Crippen LogP contribution in [0.15, 0.2) is 48.9 Å². The minimum Gasteiger partial charge on any atom is -0.352 e. The van der Waals surface area contributed by atoms with Crippen LogP contribution in [-0.2, 0) is 7.05 Å². The van der Waals surface area contributed by atoms with E-state index in [2.05, 4.69) is 30.5 Å². The van der Waals surface area contributed by atoms with Crippen LogP contribution < -0.4 is 10.2 Å². The van der Waals surface area contributed by atoms with Crippen LogP contribution in [0, 0.1) is 5.82 Å². The molecule has 9 nitrogen and oxygen atoms in total. The Balaban J connectivity index is 1.39. The second-order valence-corrected chi connectivity index (χ2v) is 8.15. The van der Waals surface area contributed by atoms with Gasteiger partial charge in [-0.15, -0.1) is 10.2 Å². The molecule has 0 aliphatic carbocycles. The number of halogens is 1. The van der Waals surface area contributed by atoms with Crippen LogP contribution in [0.1, 0.15) is 10.4 Å². The van der Waals surface area contributed by atoms with Gasteiger partial charge in [0.05, 0.1) is 17.3 Å². The lowest BCUT2D eigenvalue weighted by Crippen LogP contribution is -2.45. The van der Waals surface area contributed by atoms with Crippen LogP contribution >= 0.6 is 0 Å². The molecular weight excluding hydrogens is 423 g/mol. The Kier molecular flexibility index (Phi) is 5.43. The van der Waals surface area contributed by atoms with Crippen LogP contribution in [0.2, 0.25) is 0 Å². The molecule has 33 heavy (non-hydrogen) atoms. The van der Waals surface area contributed by atoms with Crippen molar-refractivity contribution in [1.82, 2.24) is 29.9 Å². The van der Waals surface area contributed by atoms with Gasteiger partial charge < -0.3 is 15.1 Å². The van der Waals surface area contributed by atoms with E-state index in [9.17, 15) is 4.79 Å². The molecule has 1 amide bonds. The molecule has 1 N–H and O–H groups in total. The molecule has 0 radical (unpaired) electrons. The normalized spacial score (nSPS) is 14.6. The van der Waals surface area contributed by atoms with Gasteiger partial charge in [-0.2, -0.15) is 5.10 Å². The lowest BCUT2D eigenvalue weighted by Gasteiger charge is -2.33. The summed E-state index contributed by atoms with van der Waals surface area (Å²) in [5.41, 5.74) is 2.55. The van der Waals surface area contributed by atoms with Gasteiger partial charge in [-0.1, -0.05) is 6.07 Å². The molecule has 0 atom stereocenters. The smallest absolute Gasteiger partial charge is 0.260 e. The van der Waals surface area contributed by atoms with E-state index in [1.54, 1.807) is 16.9 Å². The molecule has 10 heteroatoms. The summed E-state index contributed by atoms with van der Waals surface area (Å²) in [6.07, 6.45) is 5.16. The first kappa shape index (κ1) is 21.0. The Bertz CT molecular complexity index is 1330. The number of nitrogens with zero attached hydrogens (tertiary/aromatic N) is 7. The van der Waals surface area contributed by atoms with Crippen molar-refractivity contribution in [3.8, 4) is 11.1 Å². The van der Waals surface area contributed by atoms with Crippen molar-refractivity contribution in [2.24, 2.45) is 7.05 Å². The van der Waals surface area contributed by atoms with E-state index in [4.69, 9.17) is 0 Å². The van der Waals surface area contributed by atoms with E-state index in [0.29, 0.717) is 18.6 Å². The van der Waals surface area contributed by atoms with Crippen molar-refractivity contribution in [1.29, 1.82) is 0 Å². The molecule has 3 aromatic heterocycles.